The molecule has 1 aromatic heterocycles. The summed E-state index contributed by atoms with van der Waals surface area (Å²) in [7, 11) is 1.69. The summed E-state index contributed by atoms with van der Waals surface area (Å²) in [6, 6.07) is 5.84. The maximum Gasteiger partial charge on any atom is 0.271 e. The number of hydrogen-bond donors (Lipinski definition) is 1. The first-order valence-electron chi connectivity index (χ1n) is 12.4. The standard InChI is InChI=1S/C25H30F2N6O4/c1-16-11-21(30-23(28-16)31-9-6-25(26,27)7-10-31)29-22(34)19-4-3-18(33(35)36)12-20(19)32-8-5-24(15-37-2)13-17(24)14-32/h3-4,11-12,17H,5-10,13-15H2,1-2H3,(H,28,29,30,34). The molecule has 10 nitrogen and oxygen atoms in total. The molecule has 0 spiro atoms. The number of alkyl halides is 2. The van der Waals surface area contributed by atoms with Crippen LogP contribution in [0.25, 0.3) is 0 Å². The quantitative estimate of drug-likeness (QED) is 0.433. The normalized spacial score (nSPS) is 24.4. The molecule has 2 atom stereocenters. The number of nitro groups is 1. The van der Waals surface area contributed by atoms with E-state index >= 15 is 0 Å². The average Bonchev–Trinajstić information content (AvgIpc) is 3.56. The van der Waals surface area contributed by atoms with Gasteiger partial charge in [-0.15, -0.1) is 0 Å². The van der Waals surface area contributed by atoms with Gasteiger partial charge in [0, 0.05) is 75.4 Å². The van der Waals surface area contributed by atoms with E-state index in [0.717, 1.165) is 12.8 Å². The number of anilines is 3. The van der Waals surface area contributed by atoms with Gasteiger partial charge < -0.3 is 19.9 Å². The summed E-state index contributed by atoms with van der Waals surface area (Å²) in [4.78, 5) is 36.9. The van der Waals surface area contributed by atoms with Gasteiger partial charge in [0.15, 0.2) is 0 Å². The molecule has 1 aromatic carbocycles. The fraction of sp³-hybridized carbons (Fsp3) is 0.560. The number of rotatable bonds is 7. The van der Waals surface area contributed by atoms with Crippen LogP contribution in [0.2, 0.25) is 0 Å². The Morgan fingerprint density at radius 1 is 1.19 bits per heavy atom. The van der Waals surface area contributed by atoms with Crippen molar-refractivity contribution in [1.29, 1.82) is 0 Å². The van der Waals surface area contributed by atoms with Crippen LogP contribution in [0.15, 0.2) is 24.3 Å². The highest BCUT2D eigenvalue weighted by Gasteiger charge is 2.56. The second-order valence-electron chi connectivity index (χ2n) is 10.3. The van der Waals surface area contributed by atoms with Gasteiger partial charge in [0.1, 0.15) is 5.82 Å². The number of piperidine rings is 2. The van der Waals surface area contributed by atoms with Gasteiger partial charge in [0.25, 0.3) is 17.5 Å². The Bertz CT molecular complexity index is 1220. The second-order valence-corrected chi connectivity index (χ2v) is 10.3. The van der Waals surface area contributed by atoms with Crippen LogP contribution in [0.3, 0.4) is 0 Å². The molecule has 1 N–H and O–H groups in total. The van der Waals surface area contributed by atoms with Gasteiger partial charge in [-0.1, -0.05) is 0 Å². The SMILES string of the molecule is COCC12CCN(c3cc([N+](=O)[O-])ccc3C(=O)Nc3cc(C)nc(N4CCC(F)(F)CC4)n3)CC1C2. The minimum Gasteiger partial charge on any atom is -0.384 e. The molecule has 3 aliphatic rings. The number of carbonyl (C=O) groups excluding carboxylic acids is 1. The Labute approximate surface area is 213 Å². The van der Waals surface area contributed by atoms with E-state index < -0.39 is 16.8 Å². The lowest BCUT2D eigenvalue weighted by molar-refractivity contribution is -0.384. The number of benzene rings is 1. The Hall–Kier alpha value is -3.41. The number of non-ortho nitro benzene ring substituents is 1. The summed E-state index contributed by atoms with van der Waals surface area (Å²) in [5.41, 5.74) is 1.48. The van der Waals surface area contributed by atoms with E-state index in [0.29, 0.717) is 42.6 Å². The minimum absolute atomic E-state index is 0.0851. The van der Waals surface area contributed by atoms with Crippen molar-refractivity contribution in [3.63, 3.8) is 0 Å². The van der Waals surface area contributed by atoms with E-state index in [1.807, 2.05) is 4.90 Å². The predicted octanol–water partition coefficient (Wildman–Crippen LogP) is 4.04. The highest BCUT2D eigenvalue weighted by Crippen LogP contribution is 2.58. The first-order chi connectivity index (χ1) is 17.6. The van der Waals surface area contributed by atoms with Crippen molar-refractivity contribution in [3.8, 4) is 0 Å². The lowest BCUT2D eigenvalue weighted by Crippen LogP contribution is -2.40. The number of nitrogens with one attached hydrogen (secondary N) is 1. The highest BCUT2D eigenvalue weighted by atomic mass is 19.3. The summed E-state index contributed by atoms with van der Waals surface area (Å²) in [6.45, 7) is 4.04. The molecule has 37 heavy (non-hydrogen) atoms. The summed E-state index contributed by atoms with van der Waals surface area (Å²) < 4.78 is 32.6. The molecule has 0 radical (unpaired) electrons. The van der Waals surface area contributed by atoms with E-state index in [2.05, 4.69) is 15.3 Å². The van der Waals surface area contributed by atoms with Gasteiger partial charge in [0.05, 0.1) is 22.8 Å². The molecular formula is C25H30F2N6O4. The summed E-state index contributed by atoms with van der Waals surface area (Å²) >= 11 is 0. The van der Waals surface area contributed by atoms with Gasteiger partial charge in [-0.25, -0.2) is 13.8 Å². The maximum atomic E-state index is 13.6. The van der Waals surface area contributed by atoms with E-state index in [9.17, 15) is 23.7 Å². The Balaban J connectivity index is 1.37. The first-order valence-corrected chi connectivity index (χ1v) is 12.4. The van der Waals surface area contributed by atoms with E-state index in [-0.39, 0.29) is 48.8 Å². The van der Waals surface area contributed by atoms with Crippen molar-refractivity contribution in [2.24, 2.45) is 11.3 Å². The molecule has 198 valence electrons. The molecule has 1 aliphatic carbocycles. The van der Waals surface area contributed by atoms with Crippen molar-refractivity contribution in [2.45, 2.75) is 38.5 Å². The number of halogens is 2. The van der Waals surface area contributed by atoms with Crippen LogP contribution in [-0.2, 0) is 4.74 Å². The molecule has 3 heterocycles. The molecular weight excluding hydrogens is 486 g/mol. The molecule has 2 saturated heterocycles. The topological polar surface area (TPSA) is 114 Å². The molecule has 1 saturated carbocycles. The van der Waals surface area contributed by atoms with Crippen LogP contribution in [0.4, 0.5) is 31.9 Å². The second kappa shape index (κ2) is 9.47. The Morgan fingerprint density at radius 2 is 1.92 bits per heavy atom. The van der Waals surface area contributed by atoms with E-state index in [1.54, 1.807) is 25.0 Å². The van der Waals surface area contributed by atoms with Crippen LogP contribution in [-0.4, -0.2) is 66.6 Å². The van der Waals surface area contributed by atoms with Gasteiger partial charge >= 0.3 is 0 Å². The summed E-state index contributed by atoms with van der Waals surface area (Å²) in [5.74, 6) is -2.20. The number of methoxy groups -OCH3 is 1. The van der Waals surface area contributed by atoms with Crippen molar-refractivity contribution in [3.05, 3.63) is 45.6 Å². The largest absolute Gasteiger partial charge is 0.384 e. The number of aromatic nitrogens is 2. The highest BCUT2D eigenvalue weighted by molar-refractivity contribution is 6.08. The zero-order chi connectivity index (χ0) is 26.4. The van der Waals surface area contributed by atoms with Gasteiger partial charge in [-0.3, -0.25) is 14.9 Å². The van der Waals surface area contributed by atoms with Crippen LogP contribution in [0.1, 0.15) is 41.7 Å². The first kappa shape index (κ1) is 25.2. The third-order valence-electron chi connectivity index (χ3n) is 7.75. The molecule has 3 fully saturated rings. The van der Waals surface area contributed by atoms with Crippen LogP contribution in [0.5, 0.6) is 0 Å². The number of nitro benzene ring substituents is 1. The molecule has 12 heteroatoms. The fourth-order valence-corrected chi connectivity index (χ4v) is 5.53. The third kappa shape index (κ3) is 5.20. The number of hydrogen-bond acceptors (Lipinski definition) is 8. The number of carbonyl (C=O) groups is 1. The predicted molar refractivity (Wildman–Crippen MR) is 133 cm³/mol. The molecule has 0 bridgehead atoms. The van der Waals surface area contributed by atoms with Gasteiger partial charge in [-0.05, 0) is 31.7 Å². The minimum atomic E-state index is -2.69. The molecule has 1 amide bonds. The van der Waals surface area contributed by atoms with Crippen molar-refractivity contribution in [1.82, 2.24) is 9.97 Å². The maximum absolute atomic E-state index is 13.6. The molecule has 2 aliphatic heterocycles. The number of aryl methyl sites for hydroxylation is 1. The van der Waals surface area contributed by atoms with Crippen LogP contribution < -0.4 is 15.1 Å². The summed E-state index contributed by atoms with van der Waals surface area (Å²) in [6.07, 6.45) is 1.37. The van der Waals surface area contributed by atoms with Crippen molar-refractivity contribution < 1.29 is 23.2 Å². The van der Waals surface area contributed by atoms with Crippen LogP contribution >= 0.6 is 0 Å². The summed E-state index contributed by atoms with van der Waals surface area (Å²) in [5, 5.41) is 14.3. The van der Waals surface area contributed by atoms with E-state index in [4.69, 9.17) is 4.74 Å². The molecule has 2 aromatic rings. The number of fused-ring (bicyclic) bond motifs is 1. The zero-order valence-corrected chi connectivity index (χ0v) is 20.9. The number of ether oxygens (including phenoxy) is 1. The number of amides is 1. The van der Waals surface area contributed by atoms with Crippen LogP contribution in [0, 0.1) is 28.4 Å². The molecule has 2 unspecified atom stereocenters. The van der Waals surface area contributed by atoms with Gasteiger partial charge in [0.2, 0.25) is 5.95 Å². The molecule has 5 rings (SSSR count). The van der Waals surface area contributed by atoms with Gasteiger partial charge in [-0.2, -0.15) is 4.98 Å². The fourth-order valence-electron chi connectivity index (χ4n) is 5.53. The van der Waals surface area contributed by atoms with Crippen molar-refractivity contribution >= 4 is 29.0 Å². The lowest BCUT2D eigenvalue weighted by Gasteiger charge is -2.34. The third-order valence-corrected chi connectivity index (χ3v) is 7.75. The van der Waals surface area contributed by atoms with Crippen molar-refractivity contribution in [2.75, 3.05) is 55.0 Å². The Morgan fingerprint density at radius 3 is 2.59 bits per heavy atom. The Kier molecular flexibility index (Phi) is 6.47. The smallest absolute Gasteiger partial charge is 0.271 e. The zero-order valence-electron chi connectivity index (χ0n) is 20.9. The lowest BCUT2D eigenvalue weighted by atomic mass is 9.95. The monoisotopic (exact) mass is 516 g/mol. The van der Waals surface area contributed by atoms with E-state index in [1.165, 1.54) is 18.2 Å². The average molecular weight is 517 g/mol. The number of nitrogens with zero attached hydrogens (tertiary/aromatic N) is 5.